The number of carbonyl (C=O) groups excluding carboxylic acids is 2. The fourth-order valence-electron chi connectivity index (χ4n) is 1.82. The molecule has 0 radical (unpaired) electrons. The molecule has 1 aromatic heterocycles. The van der Waals surface area contributed by atoms with Gasteiger partial charge in [-0.25, -0.2) is 4.98 Å². The van der Waals surface area contributed by atoms with Gasteiger partial charge in [0.1, 0.15) is 5.01 Å². The van der Waals surface area contributed by atoms with E-state index in [0.717, 1.165) is 22.0 Å². The summed E-state index contributed by atoms with van der Waals surface area (Å²) >= 11 is 1.52. The van der Waals surface area contributed by atoms with Crippen LogP contribution in [-0.2, 0) is 16.1 Å². The maximum atomic E-state index is 11.5. The Balaban J connectivity index is 2.01. The van der Waals surface area contributed by atoms with Gasteiger partial charge in [0.25, 0.3) is 0 Å². The number of nitrogens with zero attached hydrogens (tertiary/aromatic N) is 1. The lowest BCUT2D eigenvalue weighted by atomic mass is 10.1. The van der Waals surface area contributed by atoms with Crippen LogP contribution in [0.3, 0.4) is 0 Å². The number of aromatic nitrogens is 1. The maximum Gasteiger partial charge on any atom is 0.222 e. The van der Waals surface area contributed by atoms with E-state index in [0.29, 0.717) is 6.54 Å². The van der Waals surface area contributed by atoms with Crippen molar-refractivity contribution in [3.8, 4) is 11.3 Å². The predicted molar refractivity (Wildman–Crippen MR) is 88.5 cm³/mol. The molecule has 2 rings (SSSR count). The van der Waals surface area contributed by atoms with Crippen molar-refractivity contribution >= 4 is 28.8 Å². The largest absolute Gasteiger partial charge is 0.349 e. The molecule has 1 heterocycles. The van der Waals surface area contributed by atoms with Gasteiger partial charge in [-0.3, -0.25) is 9.59 Å². The van der Waals surface area contributed by atoms with Gasteiger partial charge in [-0.1, -0.05) is 26.0 Å². The second-order valence-electron chi connectivity index (χ2n) is 5.26. The molecule has 0 aliphatic heterocycles. The third-order valence-corrected chi connectivity index (χ3v) is 3.84. The zero-order valence-corrected chi connectivity index (χ0v) is 13.7. The lowest BCUT2D eigenvalue weighted by Gasteiger charge is -2.05. The van der Waals surface area contributed by atoms with Crippen molar-refractivity contribution < 1.29 is 9.59 Å². The minimum Gasteiger partial charge on any atom is -0.349 e. The topological polar surface area (TPSA) is 71.1 Å². The minimum atomic E-state index is -0.0930. The minimum absolute atomic E-state index is 0.0245. The van der Waals surface area contributed by atoms with Crippen LogP contribution >= 0.6 is 11.3 Å². The van der Waals surface area contributed by atoms with Crippen molar-refractivity contribution in [2.24, 2.45) is 5.92 Å². The molecule has 0 saturated heterocycles. The van der Waals surface area contributed by atoms with Crippen molar-refractivity contribution in [2.45, 2.75) is 27.3 Å². The summed E-state index contributed by atoms with van der Waals surface area (Å²) in [4.78, 5) is 27.1. The fraction of sp³-hybridized carbons (Fsp3) is 0.312. The first-order chi connectivity index (χ1) is 10.5. The van der Waals surface area contributed by atoms with Gasteiger partial charge in [0, 0.05) is 29.5 Å². The predicted octanol–water partition coefficient (Wildman–Crippen LogP) is 3.04. The number of carbonyl (C=O) groups is 2. The molecule has 0 aliphatic rings. The van der Waals surface area contributed by atoms with Gasteiger partial charge < -0.3 is 10.6 Å². The lowest BCUT2D eigenvalue weighted by molar-refractivity contribution is -0.124. The van der Waals surface area contributed by atoms with Crippen LogP contribution in [-0.4, -0.2) is 16.8 Å². The van der Waals surface area contributed by atoms with Crippen LogP contribution in [0.5, 0.6) is 0 Å². The van der Waals surface area contributed by atoms with Crippen LogP contribution in [0.25, 0.3) is 11.3 Å². The molecular weight excluding hydrogens is 298 g/mol. The van der Waals surface area contributed by atoms with Gasteiger partial charge in [-0.05, 0) is 12.1 Å². The first kappa shape index (κ1) is 16.2. The van der Waals surface area contributed by atoms with E-state index in [1.54, 1.807) is 0 Å². The molecule has 0 atom stereocenters. The van der Waals surface area contributed by atoms with E-state index in [1.165, 1.54) is 18.3 Å². The van der Waals surface area contributed by atoms with Crippen LogP contribution in [0, 0.1) is 5.92 Å². The fourth-order valence-corrected chi connectivity index (χ4v) is 2.56. The highest BCUT2D eigenvalue weighted by molar-refractivity contribution is 7.09. The van der Waals surface area contributed by atoms with Crippen molar-refractivity contribution in [3.63, 3.8) is 0 Å². The first-order valence-corrected chi connectivity index (χ1v) is 7.94. The van der Waals surface area contributed by atoms with Crippen molar-refractivity contribution in [3.05, 3.63) is 34.7 Å². The van der Waals surface area contributed by atoms with Crippen LogP contribution in [0.4, 0.5) is 5.69 Å². The molecule has 2 amide bonds. The molecule has 2 aromatic rings. The highest BCUT2D eigenvalue weighted by Gasteiger charge is 2.09. The lowest BCUT2D eigenvalue weighted by Crippen LogP contribution is -2.26. The van der Waals surface area contributed by atoms with Crippen LogP contribution < -0.4 is 10.6 Å². The highest BCUT2D eigenvalue weighted by atomic mass is 32.1. The summed E-state index contributed by atoms with van der Waals surface area (Å²) in [6, 6.07) is 7.51. The third kappa shape index (κ3) is 4.39. The average molecular weight is 317 g/mol. The molecule has 22 heavy (non-hydrogen) atoms. The summed E-state index contributed by atoms with van der Waals surface area (Å²) in [6.07, 6.45) is 0. The standard InChI is InChI=1S/C16H19N3O2S/c1-10(2)16(21)17-8-15-19-14(9-22-15)12-4-6-13(7-5-12)18-11(3)20/h4-7,9-10H,8H2,1-3H3,(H,17,21)(H,18,20). The van der Waals surface area contributed by atoms with Gasteiger partial charge in [-0.2, -0.15) is 0 Å². The number of hydrogen-bond donors (Lipinski definition) is 2. The molecule has 0 saturated carbocycles. The van der Waals surface area contributed by atoms with Crippen molar-refractivity contribution in [2.75, 3.05) is 5.32 Å². The van der Waals surface area contributed by atoms with Gasteiger partial charge >= 0.3 is 0 Å². The molecule has 0 aliphatic carbocycles. The number of thiazole rings is 1. The maximum absolute atomic E-state index is 11.5. The summed E-state index contributed by atoms with van der Waals surface area (Å²) in [5.74, 6) is -0.0956. The van der Waals surface area contributed by atoms with Crippen molar-refractivity contribution in [1.29, 1.82) is 0 Å². The number of nitrogens with one attached hydrogen (secondary N) is 2. The first-order valence-electron chi connectivity index (χ1n) is 7.06. The van der Waals surface area contributed by atoms with Crippen LogP contribution in [0.1, 0.15) is 25.8 Å². The second kappa shape index (κ2) is 7.17. The Morgan fingerprint density at radius 3 is 2.50 bits per heavy atom. The Hall–Kier alpha value is -2.21. The quantitative estimate of drug-likeness (QED) is 0.890. The Labute approximate surface area is 133 Å². The van der Waals surface area contributed by atoms with Gasteiger partial charge in [0.2, 0.25) is 11.8 Å². The molecule has 1 aromatic carbocycles. The van der Waals surface area contributed by atoms with E-state index in [-0.39, 0.29) is 17.7 Å². The molecule has 5 nitrogen and oxygen atoms in total. The SMILES string of the molecule is CC(=O)Nc1ccc(-c2csc(CNC(=O)C(C)C)n2)cc1. The molecule has 2 N–H and O–H groups in total. The van der Waals surface area contributed by atoms with Crippen LogP contribution in [0.2, 0.25) is 0 Å². The normalized spacial score (nSPS) is 10.5. The summed E-state index contributed by atoms with van der Waals surface area (Å²) in [5.41, 5.74) is 2.61. The number of hydrogen-bond acceptors (Lipinski definition) is 4. The average Bonchev–Trinajstić information content (AvgIpc) is 2.93. The molecular formula is C16H19N3O2S. The smallest absolute Gasteiger partial charge is 0.222 e. The third-order valence-electron chi connectivity index (χ3n) is 2.99. The molecule has 116 valence electrons. The molecule has 6 heteroatoms. The number of benzene rings is 1. The summed E-state index contributed by atoms with van der Waals surface area (Å²) in [5, 5.41) is 8.42. The summed E-state index contributed by atoms with van der Waals surface area (Å²) in [7, 11) is 0. The van der Waals surface area contributed by atoms with Gasteiger partial charge in [0.05, 0.1) is 12.2 Å². The molecule has 0 fully saturated rings. The monoisotopic (exact) mass is 317 g/mol. The van der Waals surface area contributed by atoms with Gasteiger partial charge in [0.15, 0.2) is 0 Å². The molecule has 0 spiro atoms. The molecule has 0 bridgehead atoms. The summed E-state index contributed by atoms with van der Waals surface area (Å²) < 4.78 is 0. The number of rotatable bonds is 5. The van der Waals surface area contributed by atoms with E-state index in [4.69, 9.17) is 0 Å². The Bertz CT molecular complexity index is 662. The van der Waals surface area contributed by atoms with E-state index >= 15 is 0 Å². The highest BCUT2D eigenvalue weighted by Crippen LogP contribution is 2.23. The Morgan fingerprint density at radius 1 is 1.23 bits per heavy atom. The zero-order chi connectivity index (χ0) is 16.1. The van der Waals surface area contributed by atoms with E-state index in [1.807, 2.05) is 43.5 Å². The van der Waals surface area contributed by atoms with Crippen molar-refractivity contribution in [1.82, 2.24) is 10.3 Å². The van der Waals surface area contributed by atoms with Gasteiger partial charge in [-0.15, -0.1) is 11.3 Å². The zero-order valence-electron chi connectivity index (χ0n) is 12.8. The van der Waals surface area contributed by atoms with E-state index < -0.39 is 0 Å². The van der Waals surface area contributed by atoms with E-state index in [9.17, 15) is 9.59 Å². The van der Waals surface area contributed by atoms with Crippen LogP contribution in [0.15, 0.2) is 29.6 Å². The second-order valence-corrected chi connectivity index (χ2v) is 6.20. The molecule has 0 unspecified atom stereocenters. The Kier molecular flexibility index (Phi) is 5.27. The summed E-state index contributed by atoms with van der Waals surface area (Å²) in [6.45, 7) is 5.65. The Morgan fingerprint density at radius 2 is 1.91 bits per heavy atom. The number of amides is 2. The number of anilines is 1. The van der Waals surface area contributed by atoms with E-state index in [2.05, 4.69) is 15.6 Å².